The lowest BCUT2D eigenvalue weighted by atomic mass is 9.95. The highest BCUT2D eigenvalue weighted by atomic mass is 16.5. The molecule has 1 aromatic carbocycles. The molecule has 19 heavy (non-hydrogen) atoms. The molecule has 0 unspecified atom stereocenters. The second-order valence-corrected chi connectivity index (χ2v) is 6.75. The summed E-state index contributed by atoms with van der Waals surface area (Å²) in [5.41, 5.74) is 0.374. The molecule has 0 aromatic heterocycles. The predicted molar refractivity (Wildman–Crippen MR) is 78.1 cm³/mol. The van der Waals surface area contributed by atoms with Crippen LogP contribution in [-0.4, -0.2) is 11.5 Å². The van der Waals surface area contributed by atoms with Gasteiger partial charge >= 0.3 is 0 Å². The molecule has 3 heteroatoms. The van der Waals surface area contributed by atoms with Crippen LogP contribution < -0.4 is 10.1 Å². The fourth-order valence-electron chi connectivity index (χ4n) is 1.52. The Morgan fingerprint density at radius 3 is 2.21 bits per heavy atom. The molecule has 1 N–H and O–H groups in total. The number of carbonyl (C=O) groups is 1. The van der Waals surface area contributed by atoms with Gasteiger partial charge in [-0.05, 0) is 26.8 Å². The van der Waals surface area contributed by atoms with E-state index in [0.29, 0.717) is 6.54 Å². The molecule has 0 atom stereocenters. The van der Waals surface area contributed by atoms with Crippen LogP contribution in [-0.2, 0) is 11.3 Å². The first kappa shape index (κ1) is 15.5. The van der Waals surface area contributed by atoms with E-state index in [9.17, 15) is 4.79 Å². The fraction of sp³-hybridized carbons (Fsp3) is 0.562. The van der Waals surface area contributed by atoms with Gasteiger partial charge in [0.15, 0.2) is 0 Å². The Kier molecular flexibility index (Phi) is 4.61. The number of hydrogen-bond acceptors (Lipinski definition) is 2. The summed E-state index contributed by atoms with van der Waals surface area (Å²) in [4.78, 5) is 11.9. The van der Waals surface area contributed by atoms with Crippen molar-refractivity contribution in [1.29, 1.82) is 0 Å². The van der Waals surface area contributed by atoms with Crippen LogP contribution in [0.3, 0.4) is 0 Å². The van der Waals surface area contributed by atoms with E-state index in [0.717, 1.165) is 11.3 Å². The zero-order chi connectivity index (χ0) is 14.7. The standard InChI is InChI=1S/C16H25NO2/c1-15(2,3)14(18)17-11-12-9-7-8-10-13(12)19-16(4,5)6/h7-10H,11H2,1-6H3,(H,17,18). The summed E-state index contributed by atoms with van der Waals surface area (Å²) in [6, 6.07) is 7.80. The Labute approximate surface area is 116 Å². The number of benzene rings is 1. The van der Waals surface area contributed by atoms with Gasteiger partial charge in [0.25, 0.3) is 0 Å². The van der Waals surface area contributed by atoms with Crippen LogP contribution in [0.4, 0.5) is 0 Å². The molecular weight excluding hydrogens is 238 g/mol. The van der Waals surface area contributed by atoms with Gasteiger partial charge in [0, 0.05) is 17.5 Å². The predicted octanol–water partition coefficient (Wildman–Crippen LogP) is 3.53. The minimum Gasteiger partial charge on any atom is -0.488 e. The molecule has 0 spiro atoms. The number of amides is 1. The topological polar surface area (TPSA) is 38.3 Å². The Bertz CT molecular complexity index is 439. The van der Waals surface area contributed by atoms with Gasteiger partial charge in [0.1, 0.15) is 11.4 Å². The maximum atomic E-state index is 11.9. The van der Waals surface area contributed by atoms with Crippen molar-refractivity contribution in [1.82, 2.24) is 5.32 Å². The average Bonchev–Trinajstić information content (AvgIpc) is 2.24. The molecule has 0 aliphatic carbocycles. The molecule has 0 heterocycles. The van der Waals surface area contributed by atoms with Crippen molar-refractivity contribution in [3.8, 4) is 5.75 Å². The Morgan fingerprint density at radius 1 is 1.11 bits per heavy atom. The zero-order valence-electron chi connectivity index (χ0n) is 12.8. The van der Waals surface area contributed by atoms with E-state index < -0.39 is 0 Å². The molecule has 0 saturated heterocycles. The normalized spacial score (nSPS) is 12.1. The number of ether oxygens (including phenoxy) is 1. The molecule has 0 aliphatic heterocycles. The lowest BCUT2D eigenvalue weighted by molar-refractivity contribution is -0.128. The Balaban J connectivity index is 2.77. The third-order valence-corrected chi connectivity index (χ3v) is 2.51. The zero-order valence-corrected chi connectivity index (χ0v) is 12.8. The first-order valence-corrected chi connectivity index (χ1v) is 6.65. The summed E-state index contributed by atoms with van der Waals surface area (Å²) < 4.78 is 5.90. The highest BCUT2D eigenvalue weighted by Gasteiger charge is 2.21. The Morgan fingerprint density at radius 2 is 1.68 bits per heavy atom. The molecular formula is C16H25NO2. The van der Waals surface area contributed by atoms with E-state index in [-0.39, 0.29) is 16.9 Å². The first-order chi connectivity index (χ1) is 8.59. The molecule has 1 aromatic rings. The van der Waals surface area contributed by atoms with E-state index in [2.05, 4.69) is 5.32 Å². The molecule has 0 saturated carbocycles. The number of hydrogen-bond donors (Lipinski definition) is 1. The fourth-order valence-corrected chi connectivity index (χ4v) is 1.52. The van der Waals surface area contributed by atoms with Gasteiger partial charge in [-0.25, -0.2) is 0 Å². The second kappa shape index (κ2) is 5.64. The lowest BCUT2D eigenvalue weighted by Crippen LogP contribution is -2.34. The summed E-state index contributed by atoms with van der Waals surface area (Å²) in [6.45, 7) is 12.2. The van der Waals surface area contributed by atoms with Gasteiger partial charge in [-0.2, -0.15) is 0 Å². The van der Waals surface area contributed by atoms with Gasteiger partial charge in [-0.15, -0.1) is 0 Å². The number of nitrogens with one attached hydrogen (secondary N) is 1. The third kappa shape index (κ3) is 5.33. The van der Waals surface area contributed by atoms with Crippen LogP contribution >= 0.6 is 0 Å². The minimum atomic E-state index is -0.375. The highest BCUT2D eigenvalue weighted by molar-refractivity contribution is 5.81. The molecule has 3 nitrogen and oxygen atoms in total. The van der Waals surface area contributed by atoms with Crippen molar-refractivity contribution in [2.75, 3.05) is 0 Å². The maximum Gasteiger partial charge on any atom is 0.225 e. The summed E-state index contributed by atoms with van der Waals surface area (Å²) in [5.74, 6) is 0.863. The van der Waals surface area contributed by atoms with Crippen molar-refractivity contribution >= 4 is 5.91 Å². The monoisotopic (exact) mass is 263 g/mol. The average molecular weight is 263 g/mol. The maximum absolute atomic E-state index is 11.9. The van der Waals surface area contributed by atoms with Crippen molar-refractivity contribution in [2.24, 2.45) is 5.41 Å². The number of carbonyl (C=O) groups excluding carboxylic acids is 1. The molecule has 106 valence electrons. The number of rotatable bonds is 3. The van der Waals surface area contributed by atoms with E-state index in [1.165, 1.54) is 0 Å². The first-order valence-electron chi connectivity index (χ1n) is 6.65. The molecule has 0 radical (unpaired) electrons. The van der Waals surface area contributed by atoms with Gasteiger partial charge in [-0.1, -0.05) is 39.0 Å². The Hall–Kier alpha value is -1.51. The third-order valence-electron chi connectivity index (χ3n) is 2.51. The van der Waals surface area contributed by atoms with Gasteiger partial charge in [-0.3, -0.25) is 4.79 Å². The van der Waals surface area contributed by atoms with Crippen molar-refractivity contribution in [3.05, 3.63) is 29.8 Å². The molecule has 0 bridgehead atoms. The largest absolute Gasteiger partial charge is 0.488 e. The molecule has 0 fully saturated rings. The van der Waals surface area contributed by atoms with Crippen LogP contribution in [0.15, 0.2) is 24.3 Å². The van der Waals surface area contributed by atoms with E-state index in [1.54, 1.807) is 0 Å². The summed E-state index contributed by atoms with van der Waals surface area (Å²) >= 11 is 0. The second-order valence-electron chi connectivity index (χ2n) is 6.75. The smallest absolute Gasteiger partial charge is 0.225 e. The van der Waals surface area contributed by atoms with Gasteiger partial charge < -0.3 is 10.1 Å². The highest BCUT2D eigenvalue weighted by Crippen LogP contribution is 2.23. The van der Waals surface area contributed by atoms with Crippen LogP contribution in [0, 0.1) is 5.41 Å². The summed E-state index contributed by atoms with van der Waals surface area (Å²) in [7, 11) is 0. The van der Waals surface area contributed by atoms with E-state index >= 15 is 0 Å². The molecule has 0 aliphatic rings. The SMILES string of the molecule is CC(C)(C)Oc1ccccc1CNC(=O)C(C)(C)C. The molecule has 1 amide bonds. The van der Waals surface area contributed by atoms with Crippen LogP contribution in [0.25, 0.3) is 0 Å². The number of para-hydroxylation sites is 1. The van der Waals surface area contributed by atoms with E-state index in [1.807, 2.05) is 65.8 Å². The van der Waals surface area contributed by atoms with Crippen LogP contribution in [0.5, 0.6) is 5.75 Å². The molecule has 1 rings (SSSR count). The van der Waals surface area contributed by atoms with Gasteiger partial charge in [0.05, 0.1) is 0 Å². The van der Waals surface area contributed by atoms with Crippen LogP contribution in [0.2, 0.25) is 0 Å². The van der Waals surface area contributed by atoms with Crippen molar-refractivity contribution in [3.63, 3.8) is 0 Å². The summed E-state index contributed by atoms with van der Waals surface area (Å²) in [6.07, 6.45) is 0. The van der Waals surface area contributed by atoms with Gasteiger partial charge in [0.2, 0.25) is 5.91 Å². The van der Waals surface area contributed by atoms with Crippen molar-refractivity contribution < 1.29 is 9.53 Å². The lowest BCUT2D eigenvalue weighted by Gasteiger charge is -2.24. The quantitative estimate of drug-likeness (QED) is 0.906. The van der Waals surface area contributed by atoms with Crippen LogP contribution in [0.1, 0.15) is 47.1 Å². The van der Waals surface area contributed by atoms with E-state index in [4.69, 9.17) is 4.74 Å². The summed E-state index contributed by atoms with van der Waals surface area (Å²) in [5, 5.41) is 2.95. The van der Waals surface area contributed by atoms with Crippen molar-refractivity contribution in [2.45, 2.75) is 53.7 Å². The minimum absolute atomic E-state index is 0.0399.